The van der Waals surface area contributed by atoms with Crippen LogP contribution in [0.25, 0.3) is 16.5 Å². The number of benzene rings is 1. The molecule has 3 aromatic rings. The molecule has 0 bridgehead atoms. The van der Waals surface area contributed by atoms with Gasteiger partial charge in [-0.3, -0.25) is 9.78 Å². The van der Waals surface area contributed by atoms with Gasteiger partial charge in [-0.25, -0.2) is 4.98 Å². The minimum atomic E-state index is -0.185. The number of oxazole rings is 1. The molecule has 4 rings (SSSR count). The van der Waals surface area contributed by atoms with E-state index in [-0.39, 0.29) is 12.5 Å². The first kappa shape index (κ1) is 15.6. The van der Waals surface area contributed by atoms with Crippen molar-refractivity contribution >= 4 is 22.4 Å². The Morgan fingerprint density at radius 2 is 2.20 bits per heavy atom. The molecular weight excluding hydrogens is 314 g/mol. The molecule has 0 aliphatic heterocycles. The Morgan fingerprint density at radius 3 is 3.00 bits per heavy atom. The monoisotopic (exact) mass is 333 g/mol. The van der Waals surface area contributed by atoms with Gasteiger partial charge in [-0.2, -0.15) is 0 Å². The van der Waals surface area contributed by atoms with Gasteiger partial charge < -0.3 is 9.73 Å². The predicted octanol–water partition coefficient (Wildman–Crippen LogP) is 4.11. The van der Waals surface area contributed by atoms with Gasteiger partial charge in [-0.1, -0.05) is 24.3 Å². The van der Waals surface area contributed by atoms with E-state index in [0.717, 1.165) is 23.7 Å². The topological polar surface area (TPSA) is 68.0 Å². The predicted molar refractivity (Wildman–Crippen MR) is 95.9 cm³/mol. The number of nitrogens with zero attached hydrogens (tertiary/aromatic N) is 2. The van der Waals surface area contributed by atoms with Crippen molar-refractivity contribution in [3.05, 3.63) is 66.0 Å². The van der Waals surface area contributed by atoms with Crippen LogP contribution in [-0.2, 0) is 6.54 Å². The van der Waals surface area contributed by atoms with Gasteiger partial charge in [-0.15, -0.1) is 0 Å². The molecule has 0 fully saturated rings. The second kappa shape index (κ2) is 6.89. The molecule has 0 spiro atoms. The van der Waals surface area contributed by atoms with E-state index >= 15 is 0 Å². The second-order valence-electron chi connectivity index (χ2n) is 6.18. The Hall–Kier alpha value is -2.95. The third-order valence-corrected chi connectivity index (χ3v) is 4.49. The van der Waals surface area contributed by atoms with Gasteiger partial charge in [0.15, 0.2) is 0 Å². The number of carbonyl (C=O) groups is 1. The Labute approximate surface area is 145 Å². The molecule has 126 valence electrons. The zero-order valence-corrected chi connectivity index (χ0v) is 13.9. The maximum atomic E-state index is 12.3. The van der Waals surface area contributed by atoms with Crippen LogP contribution in [0.15, 0.2) is 53.4 Å². The summed E-state index contributed by atoms with van der Waals surface area (Å²) in [5, 5.41) is 3.78. The fourth-order valence-electron chi connectivity index (χ4n) is 3.23. The summed E-state index contributed by atoms with van der Waals surface area (Å²) in [7, 11) is 0. The first-order valence-electron chi connectivity index (χ1n) is 8.56. The number of hydrogen-bond acceptors (Lipinski definition) is 4. The quantitative estimate of drug-likeness (QED) is 0.780. The lowest BCUT2D eigenvalue weighted by Crippen LogP contribution is -2.23. The highest BCUT2D eigenvalue weighted by Gasteiger charge is 2.13. The smallest absolute Gasteiger partial charge is 0.253 e. The summed E-state index contributed by atoms with van der Waals surface area (Å²) in [6.07, 6.45) is 11.7. The number of para-hydroxylation sites is 1. The molecule has 0 unspecified atom stereocenters. The average Bonchev–Trinajstić information content (AvgIpc) is 3.19. The maximum Gasteiger partial charge on any atom is 0.253 e. The summed E-state index contributed by atoms with van der Waals surface area (Å²) in [6.45, 7) is 0.261. The molecule has 25 heavy (non-hydrogen) atoms. The van der Waals surface area contributed by atoms with E-state index in [9.17, 15) is 4.79 Å². The molecule has 5 nitrogen and oxygen atoms in total. The van der Waals surface area contributed by atoms with Crippen LogP contribution >= 0.6 is 0 Å². The van der Waals surface area contributed by atoms with Gasteiger partial charge in [0.25, 0.3) is 5.91 Å². The van der Waals surface area contributed by atoms with Crippen LogP contribution in [0.2, 0.25) is 0 Å². The van der Waals surface area contributed by atoms with Crippen LogP contribution in [0.4, 0.5) is 0 Å². The van der Waals surface area contributed by atoms with Crippen molar-refractivity contribution in [2.24, 2.45) is 0 Å². The first-order valence-corrected chi connectivity index (χ1v) is 8.56. The van der Waals surface area contributed by atoms with Crippen molar-refractivity contribution in [2.45, 2.75) is 32.2 Å². The van der Waals surface area contributed by atoms with Crippen LogP contribution in [0.1, 0.15) is 47.5 Å². The van der Waals surface area contributed by atoms with Crippen LogP contribution in [0.3, 0.4) is 0 Å². The molecule has 0 saturated heterocycles. The fraction of sp³-hybridized carbons (Fsp3) is 0.250. The number of aromatic nitrogens is 2. The zero-order valence-electron chi connectivity index (χ0n) is 13.9. The number of nitrogens with one attached hydrogen (secondary N) is 1. The summed E-state index contributed by atoms with van der Waals surface area (Å²) >= 11 is 0. The largest absolute Gasteiger partial charge is 0.447 e. The van der Waals surface area contributed by atoms with Gasteiger partial charge in [-0.05, 0) is 37.3 Å². The van der Waals surface area contributed by atoms with Crippen LogP contribution < -0.4 is 5.32 Å². The Bertz CT molecular complexity index is 929. The first-order chi connectivity index (χ1) is 12.3. The lowest BCUT2D eigenvalue weighted by atomic mass is 9.92. The number of allylic oxidation sites excluding steroid dienone is 2. The number of amides is 1. The molecule has 1 aromatic carbocycles. The minimum absolute atomic E-state index is 0.185. The van der Waals surface area contributed by atoms with Gasteiger partial charge in [0, 0.05) is 17.1 Å². The maximum absolute atomic E-state index is 12.3. The fourth-order valence-corrected chi connectivity index (χ4v) is 3.23. The van der Waals surface area contributed by atoms with Gasteiger partial charge in [0.2, 0.25) is 5.89 Å². The van der Waals surface area contributed by atoms with Crippen molar-refractivity contribution in [1.29, 1.82) is 0 Å². The van der Waals surface area contributed by atoms with Crippen molar-refractivity contribution in [3.8, 4) is 0 Å². The SMILES string of the molecule is O=C(NCc1ncco1)c1cnc2c(C3=CCCCC3)cccc2c1. The normalized spacial score (nSPS) is 14.3. The lowest BCUT2D eigenvalue weighted by molar-refractivity contribution is 0.0947. The number of hydrogen-bond donors (Lipinski definition) is 1. The molecule has 0 radical (unpaired) electrons. The Kier molecular flexibility index (Phi) is 4.29. The Balaban J connectivity index is 1.60. The molecule has 5 heteroatoms. The van der Waals surface area contributed by atoms with Crippen molar-refractivity contribution < 1.29 is 9.21 Å². The molecule has 1 aliphatic carbocycles. The van der Waals surface area contributed by atoms with E-state index < -0.39 is 0 Å². The van der Waals surface area contributed by atoms with Crippen LogP contribution in [0.5, 0.6) is 0 Å². The summed E-state index contributed by atoms with van der Waals surface area (Å²) < 4.78 is 5.13. The Morgan fingerprint density at radius 1 is 1.24 bits per heavy atom. The number of fused-ring (bicyclic) bond motifs is 1. The summed E-state index contributed by atoms with van der Waals surface area (Å²) in [4.78, 5) is 20.9. The molecule has 1 amide bonds. The zero-order chi connectivity index (χ0) is 17.1. The van der Waals surface area contributed by atoms with Crippen LogP contribution in [-0.4, -0.2) is 15.9 Å². The highest BCUT2D eigenvalue weighted by molar-refractivity contribution is 5.99. The summed E-state index contributed by atoms with van der Waals surface area (Å²) in [5.74, 6) is 0.295. The standard InChI is InChI=1S/C20H19N3O2/c24-20(23-13-18-21-9-10-25-18)16-11-15-7-4-8-17(19(15)22-12-16)14-5-2-1-3-6-14/h4-5,7-12H,1-3,6,13H2,(H,23,24). The highest BCUT2D eigenvalue weighted by atomic mass is 16.3. The highest BCUT2D eigenvalue weighted by Crippen LogP contribution is 2.31. The van der Waals surface area contributed by atoms with E-state index in [4.69, 9.17) is 4.42 Å². The van der Waals surface area contributed by atoms with Gasteiger partial charge in [0.1, 0.15) is 6.26 Å². The van der Waals surface area contributed by atoms with E-state index in [1.54, 1.807) is 12.4 Å². The molecule has 1 N–H and O–H groups in total. The third-order valence-electron chi connectivity index (χ3n) is 4.49. The third kappa shape index (κ3) is 3.31. The number of rotatable bonds is 4. The van der Waals surface area contributed by atoms with Crippen molar-refractivity contribution in [1.82, 2.24) is 15.3 Å². The van der Waals surface area contributed by atoms with E-state index in [0.29, 0.717) is 11.5 Å². The second-order valence-corrected chi connectivity index (χ2v) is 6.18. The lowest BCUT2D eigenvalue weighted by Gasteiger charge is -2.14. The molecule has 2 aromatic heterocycles. The van der Waals surface area contributed by atoms with Crippen molar-refractivity contribution in [3.63, 3.8) is 0 Å². The molecule has 2 heterocycles. The van der Waals surface area contributed by atoms with E-state index in [2.05, 4.69) is 27.4 Å². The molecule has 0 saturated carbocycles. The van der Waals surface area contributed by atoms with Gasteiger partial charge >= 0.3 is 0 Å². The number of pyridine rings is 1. The molecule has 0 atom stereocenters. The molecular formula is C20H19N3O2. The molecule has 1 aliphatic rings. The average molecular weight is 333 g/mol. The van der Waals surface area contributed by atoms with Crippen molar-refractivity contribution in [2.75, 3.05) is 0 Å². The minimum Gasteiger partial charge on any atom is -0.447 e. The summed E-state index contributed by atoms with van der Waals surface area (Å²) in [5.41, 5.74) is 4.04. The van der Waals surface area contributed by atoms with Crippen LogP contribution in [0, 0.1) is 0 Å². The number of carbonyl (C=O) groups excluding carboxylic acids is 1. The van der Waals surface area contributed by atoms with Gasteiger partial charge in [0.05, 0.1) is 23.8 Å². The van der Waals surface area contributed by atoms with E-state index in [1.165, 1.54) is 30.2 Å². The van der Waals surface area contributed by atoms with E-state index in [1.807, 2.05) is 18.2 Å². The summed E-state index contributed by atoms with van der Waals surface area (Å²) in [6, 6.07) is 8.04.